The van der Waals surface area contributed by atoms with Gasteiger partial charge < -0.3 is 10.5 Å². The van der Waals surface area contributed by atoms with Crippen LogP contribution in [0.25, 0.3) is 0 Å². The first-order valence-corrected chi connectivity index (χ1v) is 15.5. The number of hydrogen-bond donors (Lipinski definition) is 4. The molecule has 3 aromatic carbocycles. The number of aryl methyl sites for hydroxylation is 1. The summed E-state index contributed by atoms with van der Waals surface area (Å²) in [4.78, 5) is -0.966. The Labute approximate surface area is 229 Å². The van der Waals surface area contributed by atoms with Crippen LogP contribution >= 0.6 is 0 Å². The van der Waals surface area contributed by atoms with Gasteiger partial charge in [0, 0.05) is 6.07 Å². The van der Waals surface area contributed by atoms with Crippen LogP contribution in [-0.2, 0) is 30.4 Å². The molecule has 0 atom stereocenters. The zero-order chi connectivity index (χ0) is 29.7. The zero-order valence-corrected chi connectivity index (χ0v) is 23.1. The Morgan fingerprint density at radius 2 is 1.35 bits per heavy atom. The van der Waals surface area contributed by atoms with Crippen molar-refractivity contribution in [2.24, 2.45) is 20.5 Å². The van der Waals surface area contributed by atoms with Crippen molar-refractivity contribution in [1.82, 2.24) is 0 Å². The van der Waals surface area contributed by atoms with E-state index in [9.17, 15) is 29.8 Å². The van der Waals surface area contributed by atoms with Gasteiger partial charge in [-0.15, -0.1) is 5.11 Å². The smallest absolute Gasteiger partial charge is 0.296 e. The van der Waals surface area contributed by atoms with E-state index in [2.05, 4.69) is 20.5 Å². The van der Waals surface area contributed by atoms with Gasteiger partial charge in [-0.3, -0.25) is 13.7 Å². The van der Waals surface area contributed by atoms with E-state index in [1.54, 1.807) is 6.92 Å². The largest absolute Gasteiger partial charge is 0.491 e. The monoisotopic (exact) mass is 613 g/mol. The average Bonchev–Trinajstić information content (AvgIpc) is 2.84. The van der Waals surface area contributed by atoms with E-state index < -0.39 is 41.0 Å². The van der Waals surface area contributed by atoms with Gasteiger partial charge in [0.15, 0.2) is 0 Å². The summed E-state index contributed by atoms with van der Waals surface area (Å²) in [7, 11) is -13.3. The number of azo groups is 2. The van der Waals surface area contributed by atoms with Crippen LogP contribution < -0.4 is 10.5 Å². The molecule has 0 aliphatic rings. The fourth-order valence-corrected chi connectivity index (χ4v) is 4.72. The van der Waals surface area contributed by atoms with Crippen molar-refractivity contribution >= 4 is 58.8 Å². The molecule has 40 heavy (non-hydrogen) atoms. The van der Waals surface area contributed by atoms with Crippen LogP contribution in [0.2, 0.25) is 0 Å². The van der Waals surface area contributed by atoms with Crippen LogP contribution in [-0.4, -0.2) is 51.3 Å². The van der Waals surface area contributed by atoms with E-state index in [0.29, 0.717) is 5.56 Å². The van der Waals surface area contributed by atoms with Crippen LogP contribution in [0, 0.1) is 6.92 Å². The predicted molar refractivity (Wildman–Crippen MR) is 143 cm³/mol. The molecule has 0 heterocycles. The topological polar surface area (TPSA) is 248 Å². The van der Waals surface area contributed by atoms with Crippen LogP contribution in [0.1, 0.15) is 12.0 Å². The molecule has 0 saturated carbocycles. The average molecular weight is 614 g/mol. The molecule has 0 amide bonds. The molecule has 214 valence electrons. The summed E-state index contributed by atoms with van der Waals surface area (Å²) >= 11 is 0. The molecule has 3 aromatic rings. The molecule has 0 aromatic heterocycles. The van der Waals surface area contributed by atoms with Crippen molar-refractivity contribution in [1.29, 1.82) is 0 Å². The Kier molecular flexibility index (Phi) is 9.33. The first-order chi connectivity index (χ1) is 18.5. The number of nitrogens with zero attached hydrogens (tertiary/aromatic N) is 4. The van der Waals surface area contributed by atoms with Gasteiger partial charge in [0.1, 0.15) is 16.3 Å². The van der Waals surface area contributed by atoms with E-state index in [1.165, 1.54) is 36.4 Å². The fraction of sp³-hybridized carbons (Fsp3) is 0.182. The van der Waals surface area contributed by atoms with Gasteiger partial charge in [-0.25, -0.2) is 0 Å². The summed E-state index contributed by atoms with van der Waals surface area (Å²) in [6.07, 6.45) is 0.000284. The number of anilines is 1. The first-order valence-electron chi connectivity index (χ1n) is 11.0. The number of hydrogen-bond acceptors (Lipinski definition) is 12. The van der Waals surface area contributed by atoms with Gasteiger partial charge in [-0.05, 0) is 67.4 Å². The standard InChI is InChI=1S/C22H23N5O10S3/c1-14-11-18(23)21(37-9-2-10-38(28,29)30)13-20(14)27-26-19-8-5-16(12-22(19)40(34,35)36)25-24-15-3-6-17(7-4-15)39(31,32)33/h3-8,11-13H,2,9-10,23H2,1H3,(H,28,29,30)(H,31,32,33)(H,34,35,36). The molecule has 0 radical (unpaired) electrons. The predicted octanol–water partition coefficient (Wildman–Crippen LogP) is 4.56. The molecule has 0 aliphatic carbocycles. The van der Waals surface area contributed by atoms with E-state index in [1.807, 2.05) is 0 Å². The number of ether oxygens (including phenoxy) is 1. The number of rotatable bonds is 11. The first kappa shape index (κ1) is 30.7. The van der Waals surface area contributed by atoms with Crippen molar-refractivity contribution in [3.63, 3.8) is 0 Å². The lowest BCUT2D eigenvalue weighted by Gasteiger charge is -2.11. The Bertz CT molecular complexity index is 1790. The normalized spacial score (nSPS) is 12.8. The van der Waals surface area contributed by atoms with Crippen molar-refractivity contribution in [2.45, 2.75) is 23.1 Å². The highest BCUT2D eigenvalue weighted by Crippen LogP contribution is 2.35. The van der Waals surface area contributed by atoms with Crippen LogP contribution in [0.15, 0.2) is 84.8 Å². The van der Waals surface area contributed by atoms with Crippen LogP contribution in [0.3, 0.4) is 0 Å². The molecular formula is C22H23N5O10S3. The number of nitrogens with two attached hydrogens (primary N) is 1. The molecule has 3 rings (SSSR count). The molecule has 0 bridgehead atoms. The molecule has 0 spiro atoms. The number of benzene rings is 3. The maximum absolute atomic E-state index is 12.0. The lowest BCUT2D eigenvalue weighted by Crippen LogP contribution is -2.09. The van der Waals surface area contributed by atoms with E-state index >= 15 is 0 Å². The Balaban J connectivity index is 1.85. The highest BCUT2D eigenvalue weighted by molar-refractivity contribution is 7.86. The minimum absolute atomic E-state index is 0.000284. The molecule has 0 aliphatic heterocycles. The third-order valence-electron chi connectivity index (χ3n) is 5.03. The van der Waals surface area contributed by atoms with E-state index in [-0.39, 0.29) is 52.1 Å². The van der Waals surface area contributed by atoms with Crippen molar-refractivity contribution in [3.8, 4) is 5.75 Å². The summed E-state index contributed by atoms with van der Waals surface area (Å²) in [6, 6.07) is 11.2. The van der Waals surface area contributed by atoms with Crippen molar-refractivity contribution in [3.05, 3.63) is 60.2 Å². The summed E-state index contributed by atoms with van der Waals surface area (Å²) < 4.78 is 101. The van der Waals surface area contributed by atoms with Crippen LogP contribution in [0.5, 0.6) is 5.75 Å². The molecular weight excluding hydrogens is 590 g/mol. The maximum atomic E-state index is 12.0. The molecule has 15 nitrogen and oxygen atoms in total. The van der Waals surface area contributed by atoms with Gasteiger partial charge in [-0.1, -0.05) is 0 Å². The SMILES string of the molecule is Cc1cc(N)c(OCCCS(=O)(=O)O)cc1N=Nc1ccc(N=Nc2ccc(S(=O)(=O)O)cc2)cc1S(=O)(=O)O. The molecule has 0 unspecified atom stereocenters. The van der Waals surface area contributed by atoms with Gasteiger partial charge in [-0.2, -0.15) is 40.6 Å². The Morgan fingerprint density at radius 1 is 0.750 bits per heavy atom. The van der Waals surface area contributed by atoms with Crippen LogP contribution in [0.4, 0.5) is 28.4 Å². The fourth-order valence-electron chi connectivity index (χ4n) is 3.12. The molecule has 18 heteroatoms. The van der Waals surface area contributed by atoms with Crippen molar-refractivity contribution < 1.29 is 43.6 Å². The Morgan fingerprint density at radius 3 is 1.95 bits per heavy atom. The highest BCUT2D eigenvalue weighted by Gasteiger charge is 2.17. The highest BCUT2D eigenvalue weighted by atomic mass is 32.2. The maximum Gasteiger partial charge on any atom is 0.296 e. The molecule has 5 N–H and O–H groups in total. The quantitative estimate of drug-likeness (QED) is 0.101. The van der Waals surface area contributed by atoms with E-state index in [0.717, 1.165) is 18.2 Å². The van der Waals surface area contributed by atoms with Gasteiger partial charge in [0.25, 0.3) is 30.4 Å². The minimum Gasteiger partial charge on any atom is -0.491 e. The summed E-state index contributed by atoms with van der Waals surface area (Å²) in [5.74, 6) is -0.343. The second-order valence-electron chi connectivity index (χ2n) is 8.16. The lowest BCUT2D eigenvalue weighted by molar-refractivity contribution is 0.318. The molecule has 0 fully saturated rings. The molecule has 0 saturated heterocycles. The number of nitrogen functional groups attached to an aromatic ring is 1. The second-order valence-corrected chi connectivity index (χ2v) is 12.5. The van der Waals surface area contributed by atoms with E-state index in [4.69, 9.17) is 19.6 Å². The summed E-state index contributed by atoms with van der Waals surface area (Å²) in [6.45, 7) is 1.58. The van der Waals surface area contributed by atoms with Gasteiger partial charge in [0.05, 0.1) is 40.0 Å². The zero-order valence-electron chi connectivity index (χ0n) is 20.6. The Hall–Kier alpha value is -3.81. The third kappa shape index (κ3) is 8.86. The lowest BCUT2D eigenvalue weighted by atomic mass is 10.1. The van der Waals surface area contributed by atoms with Gasteiger partial charge in [0.2, 0.25) is 0 Å². The third-order valence-corrected chi connectivity index (χ3v) is 7.59. The van der Waals surface area contributed by atoms with Gasteiger partial charge >= 0.3 is 0 Å². The summed E-state index contributed by atoms with van der Waals surface area (Å²) in [5, 5.41) is 15.7. The second kappa shape index (κ2) is 12.1. The summed E-state index contributed by atoms with van der Waals surface area (Å²) in [5.41, 5.74) is 6.90. The minimum atomic E-state index is -4.78. The van der Waals surface area contributed by atoms with Crippen molar-refractivity contribution in [2.75, 3.05) is 18.1 Å².